The van der Waals surface area contributed by atoms with E-state index >= 15 is 0 Å². The molecule has 1 fully saturated rings. The largest absolute Gasteiger partial charge is 0.356 e. The maximum Gasteiger partial charge on any atom is 0.226 e. The number of nitrogens with zero attached hydrogens (tertiary/aromatic N) is 3. The highest BCUT2D eigenvalue weighted by Crippen LogP contribution is 2.36. The van der Waals surface area contributed by atoms with Crippen LogP contribution in [0.1, 0.15) is 44.1 Å². The van der Waals surface area contributed by atoms with Gasteiger partial charge < -0.3 is 10.2 Å². The van der Waals surface area contributed by atoms with E-state index in [2.05, 4.69) is 27.1 Å². The maximum atomic E-state index is 11.5. The summed E-state index contributed by atoms with van der Waals surface area (Å²) < 4.78 is 0. The van der Waals surface area contributed by atoms with Crippen LogP contribution in [0.2, 0.25) is 0 Å². The monoisotopic (exact) mass is 246 g/mol. The third-order valence-electron chi connectivity index (χ3n) is 3.76. The first-order chi connectivity index (χ1) is 8.75. The Bertz CT molecular complexity index is 468. The average molecular weight is 246 g/mol. The third kappa shape index (κ3) is 1.94. The zero-order valence-corrected chi connectivity index (χ0v) is 10.6. The third-order valence-corrected chi connectivity index (χ3v) is 3.76. The van der Waals surface area contributed by atoms with E-state index in [9.17, 15) is 4.79 Å². The Morgan fingerprint density at radius 3 is 2.83 bits per heavy atom. The molecule has 0 saturated carbocycles. The summed E-state index contributed by atoms with van der Waals surface area (Å²) in [4.78, 5) is 22.5. The Balaban J connectivity index is 2.00. The van der Waals surface area contributed by atoms with Crippen LogP contribution < -0.4 is 10.2 Å². The van der Waals surface area contributed by atoms with Crippen molar-refractivity contribution in [1.82, 2.24) is 9.97 Å². The number of rotatable bonds is 1. The predicted molar refractivity (Wildman–Crippen MR) is 69.8 cm³/mol. The van der Waals surface area contributed by atoms with Crippen LogP contribution in [-0.2, 0) is 4.79 Å². The van der Waals surface area contributed by atoms with Crippen LogP contribution in [0.4, 0.5) is 11.6 Å². The van der Waals surface area contributed by atoms with Gasteiger partial charge in [-0.05, 0) is 25.2 Å². The first kappa shape index (κ1) is 11.4. The number of hydrogen-bond donors (Lipinski definition) is 1. The highest BCUT2D eigenvalue weighted by molar-refractivity contribution is 5.94. The van der Waals surface area contributed by atoms with Gasteiger partial charge in [-0.25, -0.2) is 9.97 Å². The molecule has 2 aliphatic rings. The summed E-state index contributed by atoms with van der Waals surface area (Å²) in [6, 6.07) is 0. The van der Waals surface area contributed by atoms with Gasteiger partial charge in [0.2, 0.25) is 5.91 Å². The Morgan fingerprint density at radius 2 is 2.06 bits per heavy atom. The minimum Gasteiger partial charge on any atom is -0.356 e. The first-order valence-electron chi connectivity index (χ1n) is 6.65. The van der Waals surface area contributed by atoms with Crippen molar-refractivity contribution in [3.8, 4) is 0 Å². The van der Waals surface area contributed by atoms with E-state index in [4.69, 9.17) is 0 Å². The van der Waals surface area contributed by atoms with Gasteiger partial charge in [0.25, 0.3) is 0 Å². The van der Waals surface area contributed by atoms with Gasteiger partial charge in [-0.15, -0.1) is 0 Å². The maximum absolute atomic E-state index is 11.5. The van der Waals surface area contributed by atoms with E-state index in [1.54, 1.807) is 6.33 Å². The number of fused-ring (bicyclic) bond motifs is 1. The number of amides is 1. The molecule has 0 bridgehead atoms. The van der Waals surface area contributed by atoms with Gasteiger partial charge in [0.1, 0.15) is 18.0 Å². The topological polar surface area (TPSA) is 58.1 Å². The minimum absolute atomic E-state index is 0.0540. The second-order valence-electron chi connectivity index (χ2n) is 5.16. The molecule has 0 aliphatic carbocycles. The summed E-state index contributed by atoms with van der Waals surface area (Å²) in [5.74, 6) is 1.98. The second-order valence-corrected chi connectivity index (χ2v) is 5.16. The van der Waals surface area contributed by atoms with Crippen molar-refractivity contribution in [3.63, 3.8) is 0 Å². The number of piperidine rings is 1. The number of aromatic nitrogens is 2. The molecule has 0 radical (unpaired) electrons. The molecule has 3 heterocycles. The van der Waals surface area contributed by atoms with Crippen LogP contribution in [0.15, 0.2) is 6.33 Å². The van der Waals surface area contributed by atoms with Crippen LogP contribution in [0.5, 0.6) is 0 Å². The lowest BCUT2D eigenvalue weighted by atomic mass is 9.94. The molecule has 1 aromatic heterocycles. The quantitative estimate of drug-likeness (QED) is 0.822. The molecule has 3 rings (SSSR count). The van der Waals surface area contributed by atoms with Crippen molar-refractivity contribution in [3.05, 3.63) is 11.9 Å². The van der Waals surface area contributed by atoms with E-state index in [-0.39, 0.29) is 11.8 Å². The average Bonchev–Trinajstić information content (AvgIpc) is 2.38. The molecule has 1 unspecified atom stereocenters. The molecule has 0 aromatic carbocycles. The van der Waals surface area contributed by atoms with Crippen molar-refractivity contribution in [2.75, 3.05) is 23.3 Å². The van der Waals surface area contributed by atoms with Crippen LogP contribution in [0.3, 0.4) is 0 Å². The van der Waals surface area contributed by atoms with Gasteiger partial charge in [0.05, 0.1) is 0 Å². The van der Waals surface area contributed by atoms with E-state index in [0.717, 1.165) is 24.5 Å². The molecular formula is C13H18N4O. The number of nitrogens with one attached hydrogen (secondary N) is 1. The molecule has 96 valence electrons. The van der Waals surface area contributed by atoms with Crippen LogP contribution in [0, 0.1) is 0 Å². The molecule has 1 N–H and O–H groups in total. The van der Waals surface area contributed by atoms with Crippen molar-refractivity contribution in [2.24, 2.45) is 0 Å². The molecule has 2 aliphatic heterocycles. The van der Waals surface area contributed by atoms with Crippen molar-refractivity contribution in [2.45, 2.75) is 38.5 Å². The second kappa shape index (κ2) is 4.55. The summed E-state index contributed by atoms with van der Waals surface area (Å²) in [5.41, 5.74) is 1.11. The molecule has 5 nitrogen and oxygen atoms in total. The molecule has 1 amide bonds. The van der Waals surface area contributed by atoms with Crippen molar-refractivity contribution in [1.29, 1.82) is 0 Å². The fourth-order valence-corrected chi connectivity index (χ4v) is 2.86. The zero-order chi connectivity index (χ0) is 12.5. The number of hydrogen-bond acceptors (Lipinski definition) is 4. The summed E-state index contributed by atoms with van der Waals surface area (Å²) in [5, 5.41) is 2.85. The minimum atomic E-state index is 0.0540. The lowest BCUT2D eigenvalue weighted by Gasteiger charge is -2.32. The van der Waals surface area contributed by atoms with Crippen LogP contribution >= 0.6 is 0 Å². The number of anilines is 2. The summed E-state index contributed by atoms with van der Waals surface area (Å²) in [7, 11) is 0. The van der Waals surface area contributed by atoms with Crippen molar-refractivity contribution < 1.29 is 4.79 Å². The summed E-state index contributed by atoms with van der Waals surface area (Å²) in [6.45, 7) is 4.20. The normalized spacial score (nSPS) is 23.5. The van der Waals surface area contributed by atoms with Crippen molar-refractivity contribution >= 4 is 17.5 Å². The molecule has 1 saturated heterocycles. The standard InChI is InChI=1S/C13H18N4O/c1-9-7-10(18)16-12-11(9)13(15-8-14-12)17-5-3-2-4-6-17/h8-9H,2-7H2,1H3,(H,14,15,16,18). The first-order valence-corrected chi connectivity index (χ1v) is 6.65. The lowest BCUT2D eigenvalue weighted by Crippen LogP contribution is -2.33. The van der Waals surface area contributed by atoms with E-state index < -0.39 is 0 Å². The fraction of sp³-hybridized carbons (Fsp3) is 0.615. The Labute approximate surface area is 107 Å². The Morgan fingerprint density at radius 1 is 1.28 bits per heavy atom. The molecule has 18 heavy (non-hydrogen) atoms. The van der Waals surface area contributed by atoms with Gasteiger partial charge in [0.15, 0.2) is 0 Å². The van der Waals surface area contributed by atoms with E-state index in [0.29, 0.717) is 12.2 Å². The lowest BCUT2D eigenvalue weighted by molar-refractivity contribution is -0.116. The smallest absolute Gasteiger partial charge is 0.226 e. The summed E-state index contributed by atoms with van der Waals surface area (Å²) >= 11 is 0. The highest BCUT2D eigenvalue weighted by Gasteiger charge is 2.28. The molecule has 0 spiro atoms. The molecule has 5 heteroatoms. The Kier molecular flexibility index (Phi) is 2.89. The van der Waals surface area contributed by atoms with Gasteiger partial charge in [0, 0.05) is 25.1 Å². The summed E-state index contributed by atoms with van der Waals surface area (Å²) in [6.07, 6.45) is 5.83. The number of carbonyl (C=O) groups excluding carboxylic acids is 1. The van der Waals surface area contributed by atoms with Crippen LogP contribution in [0.25, 0.3) is 0 Å². The van der Waals surface area contributed by atoms with Gasteiger partial charge >= 0.3 is 0 Å². The molecule has 1 aromatic rings. The van der Waals surface area contributed by atoms with E-state index in [1.807, 2.05) is 0 Å². The Hall–Kier alpha value is -1.65. The molecule has 1 atom stereocenters. The highest BCUT2D eigenvalue weighted by atomic mass is 16.1. The van der Waals surface area contributed by atoms with Gasteiger partial charge in [-0.2, -0.15) is 0 Å². The van der Waals surface area contributed by atoms with Gasteiger partial charge in [-0.1, -0.05) is 6.92 Å². The fourth-order valence-electron chi connectivity index (χ4n) is 2.86. The van der Waals surface area contributed by atoms with Gasteiger partial charge in [-0.3, -0.25) is 4.79 Å². The van der Waals surface area contributed by atoms with E-state index in [1.165, 1.54) is 19.3 Å². The zero-order valence-electron chi connectivity index (χ0n) is 10.6. The van der Waals surface area contributed by atoms with Crippen LogP contribution in [-0.4, -0.2) is 29.0 Å². The SMILES string of the molecule is CC1CC(=O)Nc2ncnc(N3CCCCC3)c21. The molecular weight excluding hydrogens is 228 g/mol. The predicted octanol–water partition coefficient (Wildman–Crippen LogP) is 1.91. The number of carbonyl (C=O) groups is 1.